The minimum absolute atomic E-state index is 0.0245. The monoisotopic (exact) mass is 333 g/mol. The number of nitrogens with zero attached hydrogens (tertiary/aromatic N) is 3. The summed E-state index contributed by atoms with van der Waals surface area (Å²) in [5.41, 5.74) is 4.06. The highest BCUT2D eigenvalue weighted by atomic mass is 16.4. The minimum atomic E-state index is -1.05. The molecule has 25 heavy (non-hydrogen) atoms. The summed E-state index contributed by atoms with van der Waals surface area (Å²) in [4.78, 5) is 15.5. The van der Waals surface area contributed by atoms with Gasteiger partial charge in [0.1, 0.15) is 17.0 Å². The van der Waals surface area contributed by atoms with E-state index < -0.39 is 5.97 Å². The minimum Gasteiger partial charge on any atom is -0.477 e. The summed E-state index contributed by atoms with van der Waals surface area (Å²) in [6.45, 7) is 1.82. The van der Waals surface area contributed by atoms with Gasteiger partial charge in [-0.05, 0) is 36.8 Å². The molecule has 0 aliphatic rings. The number of carbonyl (C=O) groups is 1. The van der Waals surface area contributed by atoms with E-state index in [1.54, 1.807) is 23.0 Å². The zero-order valence-electron chi connectivity index (χ0n) is 13.5. The standard InChI is InChI=1S/C19H15N3O3/c1-12-9-16-18(25-12)14(11-17(21-16)19(23)24)10-13-3-5-15(6-4-13)22-8-2-7-20-22/h2-9,11H,10H2,1H3,(H,23,24). The Balaban J connectivity index is 1.71. The van der Waals surface area contributed by atoms with Crippen molar-refractivity contribution in [2.24, 2.45) is 0 Å². The molecule has 4 aromatic rings. The Kier molecular flexibility index (Phi) is 3.57. The van der Waals surface area contributed by atoms with Crippen molar-refractivity contribution in [3.8, 4) is 5.69 Å². The van der Waals surface area contributed by atoms with Gasteiger partial charge >= 0.3 is 5.97 Å². The molecule has 1 N–H and O–H groups in total. The molecule has 0 saturated carbocycles. The van der Waals surface area contributed by atoms with Gasteiger partial charge in [0, 0.05) is 30.4 Å². The average molecular weight is 333 g/mol. The van der Waals surface area contributed by atoms with Crippen LogP contribution in [-0.4, -0.2) is 25.8 Å². The molecule has 0 saturated heterocycles. The number of aryl methyl sites for hydroxylation is 1. The third-order valence-electron chi connectivity index (χ3n) is 4.00. The van der Waals surface area contributed by atoms with E-state index in [2.05, 4.69) is 10.1 Å². The molecule has 0 atom stereocenters. The lowest BCUT2D eigenvalue weighted by molar-refractivity contribution is 0.0691. The molecule has 1 aromatic carbocycles. The van der Waals surface area contributed by atoms with Crippen molar-refractivity contribution in [3.05, 3.63) is 77.4 Å². The van der Waals surface area contributed by atoms with Crippen molar-refractivity contribution < 1.29 is 14.3 Å². The Morgan fingerprint density at radius 1 is 1.24 bits per heavy atom. The normalized spacial score (nSPS) is 11.1. The first kappa shape index (κ1) is 15.1. The van der Waals surface area contributed by atoms with Crippen molar-refractivity contribution >= 4 is 17.1 Å². The van der Waals surface area contributed by atoms with Gasteiger partial charge in [-0.3, -0.25) is 0 Å². The molecule has 124 valence electrons. The first-order chi connectivity index (χ1) is 12.1. The van der Waals surface area contributed by atoms with Crippen molar-refractivity contribution in [1.82, 2.24) is 14.8 Å². The topological polar surface area (TPSA) is 81.1 Å². The second kappa shape index (κ2) is 5.90. The molecule has 6 nitrogen and oxygen atoms in total. The summed E-state index contributed by atoms with van der Waals surface area (Å²) in [6.07, 6.45) is 4.17. The van der Waals surface area contributed by atoms with Gasteiger partial charge in [0.05, 0.1) is 5.69 Å². The molecular weight excluding hydrogens is 318 g/mol. The number of carboxylic acid groups (broad SMARTS) is 1. The van der Waals surface area contributed by atoms with E-state index in [1.807, 2.05) is 43.5 Å². The highest BCUT2D eigenvalue weighted by molar-refractivity contribution is 5.90. The molecule has 3 heterocycles. The van der Waals surface area contributed by atoms with Crippen LogP contribution in [0, 0.1) is 6.92 Å². The van der Waals surface area contributed by atoms with Gasteiger partial charge in [-0.25, -0.2) is 14.5 Å². The van der Waals surface area contributed by atoms with E-state index in [0.717, 1.165) is 16.8 Å². The Bertz CT molecular complexity index is 1050. The summed E-state index contributed by atoms with van der Waals surface area (Å²) in [6, 6.07) is 13.2. The quantitative estimate of drug-likeness (QED) is 0.617. The fourth-order valence-corrected chi connectivity index (χ4v) is 2.86. The Morgan fingerprint density at radius 2 is 2.04 bits per heavy atom. The van der Waals surface area contributed by atoms with Crippen LogP contribution in [0.25, 0.3) is 16.8 Å². The molecule has 3 aromatic heterocycles. The lowest BCUT2D eigenvalue weighted by Gasteiger charge is -2.06. The molecular formula is C19H15N3O3. The van der Waals surface area contributed by atoms with E-state index in [0.29, 0.717) is 23.3 Å². The van der Waals surface area contributed by atoms with Crippen molar-refractivity contribution in [2.75, 3.05) is 0 Å². The largest absolute Gasteiger partial charge is 0.477 e. The number of carboxylic acids is 1. The number of benzene rings is 1. The SMILES string of the molecule is Cc1cc2nc(C(=O)O)cc(Cc3ccc(-n4cccn4)cc3)c2o1. The zero-order chi connectivity index (χ0) is 17.4. The molecule has 0 fully saturated rings. The highest BCUT2D eigenvalue weighted by Crippen LogP contribution is 2.25. The van der Waals surface area contributed by atoms with Crippen LogP contribution in [0.4, 0.5) is 0 Å². The second-order valence-corrected chi connectivity index (χ2v) is 5.84. The highest BCUT2D eigenvalue weighted by Gasteiger charge is 2.15. The molecule has 0 radical (unpaired) electrons. The van der Waals surface area contributed by atoms with E-state index in [9.17, 15) is 9.90 Å². The number of hydrogen-bond acceptors (Lipinski definition) is 4. The number of aromatic carboxylic acids is 1. The van der Waals surface area contributed by atoms with Gasteiger partial charge in [-0.1, -0.05) is 12.1 Å². The molecule has 0 spiro atoms. The Labute approximate surface area is 143 Å². The first-order valence-electron chi connectivity index (χ1n) is 7.82. The Morgan fingerprint density at radius 3 is 2.72 bits per heavy atom. The molecule has 6 heteroatoms. The fraction of sp³-hybridized carbons (Fsp3) is 0.105. The lowest BCUT2D eigenvalue weighted by atomic mass is 10.0. The maximum Gasteiger partial charge on any atom is 0.354 e. The summed E-state index contributed by atoms with van der Waals surface area (Å²) in [5.74, 6) is -0.337. The van der Waals surface area contributed by atoms with Crippen LogP contribution >= 0.6 is 0 Å². The van der Waals surface area contributed by atoms with E-state index in [-0.39, 0.29) is 5.69 Å². The maximum absolute atomic E-state index is 11.3. The van der Waals surface area contributed by atoms with Crippen molar-refractivity contribution in [3.63, 3.8) is 0 Å². The molecule has 0 bridgehead atoms. The number of aromatic nitrogens is 3. The van der Waals surface area contributed by atoms with Crippen LogP contribution in [0.3, 0.4) is 0 Å². The van der Waals surface area contributed by atoms with Crippen LogP contribution in [-0.2, 0) is 6.42 Å². The van der Waals surface area contributed by atoms with E-state index in [1.165, 1.54) is 0 Å². The number of hydrogen-bond donors (Lipinski definition) is 1. The second-order valence-electron chi connectivity index (χ2n) is 5.84. The van der Waals surface area contributed by atoms with Gasteiger partial charge in [0.25, 0.3) is 0 Å². The third kappa shape index (κ3) is 2.89. The van der Waals surface area contributed by atoms with Gasteiger partial charge < -0.3 is 9.52 Å². The van der Waals surface area contributed by atoms with E-state index in [4.69, 9.17) is 4.42 Å². The third-order valence-corrected chi connectivity index (χ3v) is 4.00. The van der Waals surface area contributed by atoms with Crippen LogP contribution in [0.5, 0.6) is 0 Å². The van der Waals surface area contributed by atoms with Crippen molar-refractivity contribution in [2.45, 2.75) is 13.3 Å². The smallest absolute Gasteiger partial charge is 0.354 e. The average Bonchev–Trinajstić information content (AvgIpc) is 3.24. The fourth-order valence-electron chi connectivity index (χ4n) is 2.86. The van der Waals surface area contributed by atoms with E-state index >= 15 is 0 Å². The van der Waals surface area contributed by atoms with Crippen LogP contribution in [0.1, 0.15) is 27.4 Å². The summed E-state index contributed by atoms with van der Waals surface area (Å²) < 4.78 is 7.50. The summed E-state index contributed by atoms with van der Waals surface area (Å²) >= 11 is 0. The lowest BCUT2D eigenvalue weighted by Crippen LogP contribution is -2.02. The molecule has 4 rings (SSSR count). The van der Waals surface area contributed by atoms with Crippen LogP contribution < -0.4 is 0 Å². The van der Waals surface area contributed by atoms with Gasteiger partial charge in [-0.15, -0.1) is 0 Å². The van der Waals surface area contributed by atoms with Crippen molar-refractivity contribution in [1.29, 1.82) is 0 Å². The Hall–Kier alpha value is -3.41. The predicted octanol–water partition coefficient (Wildman–Crippen LogP) is 3.61. The summed E-state index contributed by atoms with van der Waals surface area (Å²) in [7, 11) is 0. The molecule has 0 unspecified atom stereocenters. The summed E-state index contributed by atoms with van der Waals surface area (Å²) in [5, 5.41) is 13.5. The zero-order valence-corrected chi connectivity index (χ0v) is 13.5. The number of fused-ring (bicyclic) bond motifs is 1. The van der Waals surface area contributed by atoms with Crippen LogP contribution in [0.15, 0.2) is 59.3 Å². The maximum atomic E-state index is 11.3. The molecule has 0 aliphatic carbocycles. The first-order valence-corrected chi connectivity index (χ1v) is 7.82. The van der Waals surface area contributed by atoms with Gasteiger partial charge in [-0.2, -0.15) is 5.10 Å². The van der Waals surface area contributed by atoms with Gasteiger partial charge in [0.15, 0.2) is 5.58 Å². The number of furan rings is 1. The van der Waals surface area contributed by atoms with Gasteiger partial charge in [0.2, 0.25) is 0 Å². The van der Waals surface area contributed by atoms with Crippen LogP contribution in [0.2, 0.25) is 0 Å². The number of rotatable bonds is 4. The number of pyridine rings is 1. The molecule has 0 amide bonds. The predicted molar refractivity (Wildman–Crippen MR) is 92.1 cm³/mol. The molecule has 0 aliphatic heterocycles.